The Morgan fingerprint density at radius 3 is 2.68 bits per heavy atom. The minimum absolute atomic E-state index is 0.223. The van der Waals surface area contributed by atoms with E-state index in [1.807, 2.05) is 0 Å². The Labute approximate surface area is 116 Å². The first-order valence-electron chi connectivity index (χ1n) is 5.36. The standard InChI is InChI=1S/C13H9BrF2N2O/c1-7-4-10(15)9(14)5-11(7)18-13(19)8-2-3-12(16)17-6-8/h2-6H,1H3,(H,18,19). The van der Waals surface area contributed by atoms with E-state index in [4.69, 9.17) is 0 Å². The van der Waals surface area contributed by atoms with Gasteiger partial charge >= 0.3 is 0 Å². The average molecular weight is 327 g/mol. The normalized spacial score (nSPS) is 10.3. The number of hydrogen-bond acceptors (Lipinski definition) is 2. The van der Waals surface area contributed by atoms with Gasteiger partial charge in [-0.05, 0) is 52.7 Å². The molecule has 1 heterocycles. The largest absolute Gasteiger partial charge is 0.322 e. The first-order valence-corrected chi connectivity index (χ1v) is 6.15. The minimum Gasteiger partial charge on any atom is -0.322 e. The molecule has 0 spiro atoms. The molecule has 19 heavy (non-hydrogen) atoms. The third-order valence-electron chi connectivity index (χ3n) is 2.51. The fourth-order valence-electron chi connectivity index (χ4n) is 1.49. The van der Waals surface area contributed by atoms with Crippen LogP contribution >= 0.6 is 15.9 Å². The SMILES string of the molecule is Cc1cc(F)c(Br)cc1NC(=O)c1ccc(F)nc1. The molecule has 0 saturated carbocycles. The van der Waals surface area contributed by atoms with E-state index in [-0.39, 0.29) is 10.0 Å². The van der Waals surface area contributed by atoms with Crippen molar-refractivity contribution >= 4 is 27.5 Å². The monoisotopic (exact) mass is 326 g/mol. The average Bonchev–Trinajstić information content (AvgIpc) is 2.36. The van der Waals surface area contributed by atoms with E-state index < -0.39 is 17.7 Å². The molecule has 1 aromatic carbocycles. The van der Waals surface area contributed by atoms with Crippen LogP contribution in [0.4, 0.5) is 14.5 Å². The second-order valence-corrected chi connectivity index (χ2v) is 4.76. The van der Waals surface area contributed by atoms with Gasteiger partial charge in [-0.25, -0.2) is 9.37 Å². The fraction of sp³-hybridized carbons (Fsp3) is 0.0769. The number of anilines is 1. The van der Waals surface area contributed by atoms with Crippen LogP contribution in [0.15, 0.2) is 34.9 Å². The van der Waals surface area contributed by atoms with Crippen LogP contribution in [-0.2, 0) is 0 Å². The van der Waals surface area contributed by atoms with Gasteiger partial charge in [-0.1, -0.05) is 0 Å². The van der Waals surface area contributed by atoms with E-state index in [1.54, 1.807) is 6.92 Å². The lowest BCUT2D eigenvalue weighted by molar-refractivity contribution is 0.102. The lowest BCUT2D eigenvalue weighted by Crippen LogP contribution is -2.13. The topological polar surface area (TPSA) is 42.0 Å². The van der Waals surface area contributed by atoms with Crippen LogP contribution in [0.3, 0.4) is 0 Å². The van der Waals surface area contributed by atoms with Gasteiger partial charge in [-0.3, -0.25) is 4.79 Å². The summed E-state index contributed by atoms with van der Waals surface area (Å²) in [6.45, 7) is 1.67. The summed E-state index contributed by atoms with van der Waals surface area (Å²) >= 11 is 3.05. The Balaban J connectivity index is 2.24. The number of nitrogens with one attached hydrogen (secondary N) is 1. The highest BCUT2D eigenvalue weighted by molar-refractivity contribution is 9.10. The molecule has 0 radical (unpaired) electrons. The van der Waals surface area contributed by atoms with E-state index in [1.165, 1.54) is 18.2 Å². The Morgan fingerprint density at radius 1 is 1.32 bits per heavy atom. The van der Waals surface area contributed by atoms with Crippen LogP contribution in [0.1, 0.15) is 15.9 Å². The molecule has 1 N–H and O–H groups in total. The summed E-state index contributed by atoms with van der Waals surface area (Å²) in [6, 6.07) is 5.20. The quantitative estimate of drug-likeness (QED) is 0.855. The molecule has 6 heteroatoms. The van der Waals surface area contributed by atoms with E-state index in [0.29, 0.717) is 11.3 Å². The van der Waals surface area contributed by atoms with Gasteiger partial charge in [0.05, 0.1) is 10.0 Å². The summed E-state index contributed by atoms with van der Waals surface area (Å²) in [5.74, 6) is -1.50. The highest BCUT2D eigenvalue weighted by Gasteiger charge is 2.10. The number of pyridine rings is 1. The van der Waals surface area contributed by atoms with Gasteiger partial charge in [0.25, 0.3) is 5.91 Å². The van der Waals surface area contributed by atoms with Crippen LogP contribution in [0, 0.1) is 18.7 Å². The van der Waals surface area contributed by atoms with Crippen molar-refractivity contribution < 1.29 is 13.6 Å². The molecule has 1 amide bonds. The molecule has 0 aliphatic carbocycles. The number of amides is 1. The van der Waals surface area contributed by atoms with Crippen LogP contribution < -0.4 is 5.32 Å². The summed E-state index contributed by atoms with van der Waals surface area (Å²) in [4.78, 5) is 15.3. The summed E-state index contributed by atoms with van der Waals surface area (Å²) in [5, 5.41) is 2.62. The maximum Gasteiger partial charge on any atom is 0.257 e. The molecule has 0 atom stereocenters. The van der Waals surface area contributed by atoms with Gasteiger partial charge in [0.2, 0.25) is 5.95 Å². The van der Waals surface area contributed by atoms with Crippen molar-refractivity contribution in [2.45, 2.75) is 6.92 Å². The van der Waals surface area contributed by atoms with E-state index in [9.17, 15) is 13.6 Å². The molecule has 0 saturated heterocycles. The van der Waals surface area contributed by atoms with Crippen LogP contribution in [0.5, 0.6) is 0 Å². The van der Waals surface area contributed by atoms with Crippen LogP contribution in [-0.4, -0.2) is 10.9 Å². The van der Waals surface area contributed by atoms with E-state index in [0.717, 1.165) is 12.3 Å². The molecule has 2 aromatic rings. The molecule has 2 rings (SSSR count). The predicted octanol–water partition coefficient (Wildman–Crippen LogP) is 3.68. The molecule has 0 aliphatic heterocycles. The van der Waals surface area contributed by atoms with Crippen LogP contribution in [0.25, 0.3) is 0 Å². The van der Waals surface area contributed by atoms with Crippen molar-refractivity contribution in [2.24, 2.45) is 0 Å². The number of carbonyl (C=O) groups is 1. The van der Waals surface area contributed by atoms with Gasteiger partial charge in [-0.2, -0.15) is 4.39 Å². The highest BCUT2D eigenvalue weighted by atomic mass is 79.9. The molecule has 0 bridgehead atoms. The first-order chi connectivity index (χ1) is 8.97. The number of hydrogen-bond donors (Lipinski definition) is 1. The fourth-order valence-corrected chi connectivity index (χ4v) is 1.83. The highest BCUT2D eigenvalue weighted by Crippen LogP contribution is 2.24. The van der Waals surface area contributed by atoms with E-state index >= 15 is 0 Å². The third kappa shape index (κ3) is 3.14. The summed E-state index contributed by atoms with van der Waals surface area (Å²) in [5.41, 5.74) is 1.29. The van der Waals surface area contributed by atoms with Gasteiger partial charge in [0.15, 0.2) is 0 Å². The first kappa shape index (κ1) is 13.6. The molecule has 0 fully saturated rings. The van der Waals surface area contributed by atoms with Crippen molar-refractivity contribution in [3.63, 3.8) is 0 Å². The predicted molar refractivity (Wildman–Crippen MR) is 71.0 cm³/mol. The van der Waals surface area contributed by atoms with E-state index in [2.05, 4.69) is 26.2 Å². The number of halogens is 3. The minimum atomic E-state index is -0.655. The van der Waals surface area contributed by atoms with Crippen molar-refractivity contribution in [2.75, 3.05) is 5.32 Å². The second-order valence-electron chi connectivity index (χ2n) is 3.90. The molecular formula is C13H9BrF2N2O. The Hall–Kier alpha value is -1.82. The summed E-state index contributed by atoms with van der Waals surface area (Å²) in [7, 11) is 0. The van der Waals surface area contributed by atoms with Crippen molar-refractivity contribution in [3.8, 4) is 0 Å². The number of benzene rings is 1. The zero-order valence-corrected chi connectivity index (χ0v) is 11.5. The summed E-state index contributed by atoms with van der Waals surface area (Å²) in [6.07, 6.45) is 1.14. The van der Waals surface area contributed by atoms with Gasteiger partial charge in [0.1, 0.15) is 5.82 Å². The second kappa shape index (κ2) is 5.44. The molecule has 98 valence electrons. The Bertz CT molecular complexity index is 629. The molecule has 1 aromatic heterocycles. The lowest BCUT2D eigenvalue weighted by Gasteiger charge is -2.09. The third-order valence-corrected chi connectivity index (χ3v) is 3.11. The van der Waals surface area contributed by atoms with Crippen molar-refractivity contribution in [3.05, 3.63) is 57.8 Å². The lowest BCUT2D eigenvalue weighted by atomic mass is 10.2. The van der Waals surface area contributed by atoms with Gasteiger partial charge in [0, 0.05) is 11.9 Å². The zero-order valence-electron chi connectivity index (χ0n) is 9.88. The van der Waals surface area contributed by atoms with Gasteiger partial charge < -0.3 is 5.32 Å². The number of carbonyl (C=O) groups excluding carboxylic acids is 1. The number of aromatic nitrogens is 1. The number of rotatable bonds is 2. The smallest absolute Gasteiger partial charge is 0.257 e. The molecule has 0 unspecified atom stereocenters. The zero-order chi connectivity index (χ0) is 14.0. The maximum atomic E-state index is 13.3. The Morgan fingerprint density at radius 2 is 2.05 bits per heavy atom. The van der Waals surface area contributed by atoms with Crippen molar-refractivity contribution in [1.82, 2.24) is 4.98 Å². The van der Waals surface area contributed by atoms with Crippen LogP contribution in [0.2, 0.25) is 0 Å². The van der Waals surface area contributed by atoms with Crippen molar-refractivity contribution in [1.29, 1.82) is 0 Å². The summed E-state index contributed by atoms with van der Waals surface area (Å²) < 4.78 is 26.2. The number of nitrogens with zero attached hydrogens (tertiary/aromatic N) is 1. The number of aryl methyl sites for hydroxylation is 1. The Kier molecular flexibility index (Phi) is 3.90. The molecule has 3 nitrogen and oxygen atoms in total. The van der Waals surface area contributed by atoms with Gasteiger partial charge in [-0.15, -0.1) is 0 Å². The molecular weight excluding hydrogens is 318 g/mol. The molecule has 0 aliphatic rings. The maximum absolute atomic E-state index is 13.3.